The van der Waals surface area contributed by atoms with Gasteiger partial charge in [-0.3, -0.25) is 4.90 Å². The molecule has 3 aromatic rings. The van der Waals surface area contributed by atoms with Crippen molar-refractivity contribution in [2.24, 2.45) is 0 Å². The van der Waals surface area contributed by atoms with Gasteiger partial charge in [-0.05, 0) is 67.5 Å². The molecule has 0 aromatic heterocycles. The highest BCUT2D eigenvalue weighted by Gasteiger charge is 2.34. The average Bonchev–Trinajstić information content (AvgIpc) is 3.23. The highest BCUT2D eigenvalue weighted by Crippen LogP contribution is 2.44. The maximum Gasteiger partial charge on any atom is 0.410 e. The molecule has 1 unspecified atom stereocenters. The molecule has 0 N–H and O–H groups in total. The normalized spacial score (nSPS) is 13.1. The van der Waals surface area contributed by atoms with Crippen LogP contribution < -0.4 is 4.74 Å². The van der Waals surface area contributed by atoms with Crippen LogP contribution in [-0.4, -0.2) is 48.9 Å². The third-order valence-corrected chi connectivity index (χ3v) is 6.79. The number of hydrogen-bond acceptors (Lipinski definition) is 5. The Morgan fingerprint density at radius 1 is 0.949 bits per heavy atom. The van der Waals surface area contributed by atoms with Gasteiger partial charge in [0.1, 0.15) is 30.6 Å². The highest BCUT2D eigenvalue weighted by molar-refractivity contribution is 5.82. The minimum atomic E-state index is -0.827. The fourth-order valence-electron chi connectivity index (χ4n) is 4.95. The number of ether oxygens (including phenoxy) is 3. The van der Waals surface area contributed by atoms with E-state index in [2.05, 4.69) is 30.8 Å². The SMILES string of the molecule is C=CCOc1ccccc1CCC(C(=O)OC(C)(C)C)N(C)C(=O)OCC1c2ccccc2-c2ccccc21. The molecule has 4 rings (SSSR count). The molecule has 0 saturated heterocycles. The van der Waals surface area contributed by atoms with Crippen LogP contribution in [0.3, 0.4) is 0 Å². The summed E-state index contributed by atoms with van der Waals surface area (Å²) >= 11 is 0. The fourth-order valence-corrected chi connectivity index (χ4v) is 4.95. The third-order valence-electron chi connectivity index (χ3n) is 6.79. The molecule has 6 nitrogen and oxygen atoms in total. The number of hydrogen-bond donors (Lipinski definition) is 0. The van der Waals surface area contributed by atoms with Gasteiger partial charge in [-0.2, -0.15) is 0 Å². The Kier molecular flexibility index (Phi) is 8.75. The van der Waals surface area contributed by atoms with E-state index in [9.17, 15) is 9.59 Å². The van der Waals surface area contributed by atoms with Crippen molar-refractivity contribution in [3.8, 4) is 16.9 Å². The van der Waals surface area contributed by atoms with Crippen LogP contribution in [0, 0.1) is 0 Å². The van der Waals surface area contributed by atoms with E-state index in [0.717, 1.165) is 33.6 Å². The maximum atomic E-state index is 13.3. The van der Waals surface area contributed by atoms with Crippen LogP contribution in [0.25, 0.3) is 11.1 Å². The molecule has 1 aliphatic carbocycles. The van der Waals surface area contributed by atoms with Gasteiger partial charge in [0.05, 0.1) is 0 Å². The lowest BCUT2D eigenvalue weighted by molar-refractivity contribution is -0.160. The molecule has 6 heteroatoms. The molecule has 1 amide bonds. The predicted octanol–water partition coefficient (Wildman–Crippen LogP) is 6.78. The second-order valence-electron chi connectivity index (χ2n) is 10.7. The Bertz CT molecular complexity index is 1280. The van der Waals surface area contributed by atoms with Gasteiger partial charge in [-0.15, -0.1) is 0 Å². The van der Waals surface area contributed by atoms with Gasteiger partial charge in [0.25, 0.3) is 0 Å². The molecule has 39 heavy (non-hydrogen) atoms. The van der Waals surface area contributed by atoms with Crippen LogP contribution in [0.4, 0.5) is 4.79 Å². The van der Waals surface area contributed by atoms with Crippen molar-refractivity contribution >= 4 is 12.1 Å². The summed E-state index contributed by atoms with van der Waals surface area (Å²) < 4.78 is 17.3. The van der Waals surface area contributed by atoms with E-state index in [4.69, 9.17) is 14.2 Å². The number of fused-ring (bicyclic) bond motifs is 3. The lowest BCUT2D eigenvalue weighted by atomic mass is 9.98. The number of carbonyl (C=O) groups is 2. The molecular formula is C33H37NO5. The van der Waals surface area contributed by atoms with Crippen molar-refractivity contribution in [3.05, 3.63) is 102 Å². The standard InChI is InChI=1S/C33H37NO5/c1-6-21-37-30-18-12-7-13-23(30)19-20-29(31(35)39-33(2,3)4)34(5)32(36)38-22-28-26-16-10-8-14-24(26)25-15-9-11-17-27(25)28/h6-18,28-29H,1,19-22H2,2-5H3. The van der Waals surface area contributed by atoms with E-state index in [1.54, 1.807) is 13.1 Å². The summed E-state index contributed by atoms with van der Waals surface area (Å²) in [5.41, 5.74) is 4.83. The summed E-state index contributed by atoms with van der Waals surface area (Å²) in [6, 6.07) is 23.2. The predicted molar refractivity (Wildman–Crippen MR) is 153 cm³/mol. The maximum absolute atomic E-state index is 13.3. The highest BCUT2D eigenvalue weighted by atomic mass is 16.6. The van der Waals surface area contributed by atoms with Crippen molar-refractivity contribution in [2.45, 2.75) is 51.2 Å². The van der Waals surface area contributed by atoms with Gasteiger partial charge in [-0.1, -0.05) is 79.4 Å². The number of amides is 1. The first-order valence-electron chi connectivity index (χ1n) is 13.3. The van der Waals surface area contributed by atoms with Crippen molar-refractivity contribution in [3.63, 3.8) is 0 Å². The first-order valence-corrected chi connectivity index (χ1v) is 13.3. The van der Waals surface area contributed by atoms with Gasteiger partial charge in [0.15, 0.2) is 0 Å². The first kappa shape index (κ1) is 28.0. The number of esters is 1. The number of rotatable bonds is 10. The molecular weight excluding hydrogens is 490 g/mol. The minimum Gasteiger partial charge on any atom is -0.489 e. The zero-order chi connectivity index (χ0) is 28.0. The second-order valence-corrected chi connectivity index (χ2v) is 10.7. The summed E-state index contributed by atoms with van der Waals surface area (Å²) in [5, 5.41) is 0. The summed E-state index contributed by atoms with van der Waals surface area (Å²) in [6.45, 7) is 9.70. The number of benzene rings is 3. The summed E-state index contributed by atoms with van der Waals surface area (Å²) in [6.07, 6.45) is 1.98. The van der Waals surface area contributed by atoms with Gasteiger partial charge < -0.3 is 14.2 Å². The zero-order valence-electron chi connectivity index (χ0n) is 23.2. The van der Waals surface area contributed by atoms with Crippen LogP contribution in [-0.2, 0) is 20.7 Å². The molecule has 0 radical (unpaired) electrons. The second kappa shape index (κ2) is 12.2. The topological polar surface area (TPSA) is 65.1 Å². The van der Waals surface area contributed by atoms with Crippen LogP contribution in [0.1, 0.15) is 49.8 Å². The van der Waals surface area contributed by atoms with Gasteiger partial charge >= 0.3 is 12.1 Å². The van der Waals surface area contributed by atoms with Crippen molar-refractivity contribution in [2.75, 3.05) is 20.3 Å². The Labute approximate surface area is 231 Å². The van der Waals surface area contributed by atoms with Crippen LogP contribution in [0.5, 0.6) is 5.75 Å². The fraction of sp³-hybridized carbons (Fsp3) is 0.333. The van der Waals surface area contributed by atoms with E-state index >= 15 is 0 Å². The third kappa shape index (κ3) is 6.69. The van der Waals surface area contributed by atoms with Crippen LogP contribution >= 0.6 is 0 Å². The van der Waals surface area contributed by atoms with E-state index in [0.29, 0.717) is 19.4 Å². The Morgan fingerprint density at radius 3 is 2.15 bits per heavy atom. The molecule has 1 aliphatic rings. The zero-order valence-corrected chi connectivity index (χ0v) is 23.2. The van der Waals surface area contributed by atoms with E-state index in [1.165, 1.54) is 4.90 Å². The van der Waals surface area contributed by atoms with E-state index in [-0.39, 0.29) is 12.5 Å². The molecule has 0 aliphatic heterocycles. The smallest absolute Gasteiger partial charge is 0.410 e. The number of carbonyl (C=O) groups excluding carboxylic acids is 2. The largest absolute Gasteiger partial charge is 0.489 e. The molecule has 0 saturated carbocycles. The Morgan fingerprint density at radius 2 is 1.54 bits per heavy atom. The summed E-state index contributed by atoms with van der Waals surface area (Å²) in [5.74, 6) is 0.191. The summed E-state index contributed by atoms with van der Waals surface area (Å²) in [7, 11) is 1.59. The van der Waals surface area contributed by atoms with Gasteiger partial charge in [0, 0.05) is 13.0 Å². The van der Waals surface area contributed by atoms with Crippen LogP contribution in [0.15, 0.2) is 85.5 Å². The summed E-state index contributed by atoms with van der Waals surface area (Å²) in [4.78, 5) is 27.9. The minimum absolute atomic E-state index is 0.0661. The Hall–Kier alpha value is -4.06. The number of para-hydroxylation sites is 1. The number of aryl methyl sites for hydroxylation is 1. The van der Waals surface area contributed by atoms with Crippen molar-refractivity contribution in [1.29, 1.82) is 0 Å². The van der Waals surface area contributed by atoms with Crippen molar-refractivity contribution < 1.29 is 23.8 Å². The van der Waals surface area contributed by atoms with E-state index in [1.807, 2.05) is 69.3 Å². The molecule has 0 spiro atoms. The first-order chi connectivity index (χ1) is 18.7. The van der Waals surface area contributed by atoms with Crippen LogP contribution in [0.2, 0.25) is 0 Å². The van der Waals surface area contributed by atoms with E-state index < -0.39 is 23.7 Å². The molecule has 0 heterocycles. The monoisotopic (exact) mass is 527 g/mol. The quantitative estimate of drug-likeness (QED) is 0.215. The lowest BCUT2D eigenvalue weighted by Crippen LogP contribution is -2.46. The molecule has 0 fully saturated rings. The van der Waals surface area contributed by atoms with Gasteiger partial charge in [0.2, 0.25) is 0 Å². The van der Waals surface area contributed by atoms with Gasteiger partial charge in [-0.25, -0.2) is 9.59 Å². The molecule has 0 bridgehead atoms. The number of nitrogens with zero attached hydrogens (tertiary/aromatic N) is 1. The Balaban J connectivity index is 1.49. The molecule has 204 valence electrons. The molecule has 1 atom stereocenters. The van der Waals surface area contributed by atoms with Crippen molar-refractivity contribution in [1.82, 2.24) is 4.90 Å². The molecule has 3 aromatic carbocycles. The number of likely N-dealkylation sites (N-methyl/N-ethyl adjacent to an activating group) is 1. The average molecular weight is 528 g/mol. The lowest BCUT2D eigenvalue weighted by Gasteiger charge is -2.30.